The van der Waals surface area contributed by atoms with E-state index < -0.39 is 82.8 Å². The summed E-state index contributed by atoms with van der Waals surface area (Å²) >= 11 is 12.0. The molecule has 15 heteroatoms. The quantitative estimate of drug-likeness (QED) is 0.0966. The molecular formula is C34H33Cl2N3O10. The van der Waals surface area contributed by atoms with Gasteiger partial charge in [-0.05, 0) is 38.1 Å². The fourth-order valence-electron chi connectivity index (χ4n) is 6.61. The second kappa shape index (κ2) is 13.0. The lowest BCUT2D eigenvalue weighted by atomic mass is 9.71. The molecule has 7 N–H and O–H groups in total. The van der Waals surface area contributed by atoms with Crippen molar-refractivity contribution in [2.75, 3.05) is 7.11 Å². The monoisotopic (exact) mass is 713 g/mol. The Morgan fingerprint density at radius 3 is 2.47 bits per heavy atom. The van der Waals surface area contributed by atoms with Crippen molar-refractivity contribution < 1.29 is 49.0 Å². The molecule has 1 amide bonds. The van der Waals surface area contributed by atoms with Crippen molar-refractivity contribution in [1.29, 1.82) is 0 Å². The number of hydrogen-bond donors (Lipinski definition) is 6. The predicted molar refractivity (Wildman–Crippen MR) is 177 cm³/mol. The van der Waals surface area contributed by atoms with Crippen LogP contribution in [0.4, 0.5) is 0 Å². The van der Waals surface area contributed by atoms with Crippen LogP contribution in [0.3, 0.4) is 0 Å². The standard InChI is InChI=1S/C34H33Cl2N3O10/c1-13-28(40)20(37)10-23(48-13)49-22-12-34(46,14(2)38-39-33(45)15-7-8-18(35)19(36)9-15)11-17-25(22)32(44)27-26(30(17)42)29(41)16-5-4-6-21(47-3)24(16)31(27)43/h4-9,13,20,22-23,28,40,42,44,46H,10-12,37H2,1-3H3,(H,39,45)/b38-14-/t13-,20-,22-,23+,28+,34+/m1/s1. The molecule has 1 aliphatic heterocycles. The molecule has 6 atom stereocenters. The number of aromatic hydroxyl groups is 2. The number of carbonyl (C=O) groups is 3. The molecule has 258 valence electrons. The first-order chi connectivity index (χ1) is 23.2. The van der Waals surface area contributed by atoms with Crippen LogP contribution >= 0.6 is 23.2 Å². The highest BCUT2D eigenvalue weighted by Crippen LogP contribution is 2.52. The number of methoxy groups -OCH3 is 1. The van der Waals surface area contributed by atoms with Gasteiger partial charge in [0.2, 0.25) is 5.78 Å². The van der Waals surface area contributed by atoms with Crippen LogP contribution in [0.1, 0.15) is 86.1 Å². The van der Waals surface area contributed by atoms with Crippen molar-refractivity contribution in [1.82, 2.24) is 5.43 Å². The molecule has 13 nitrogen and oxygen atoms in total. The highest BCUT2D eigenvalue weighted by atomic mass is 35.5. The molecule has 0 bridgehead atoms. The number of aliphatic hydroxyl groups excluding tert-OH is 1. The van der Waals surface area contributed by atoms with E-state index in [4.69, 9.17) is 43.1 Å². The molecule has 6 rings (SSSR count). The molecule has 3 aromatic rings. The summed E-state index contributed by atoms with van der Waals surface area (Å²) in [5.41, 5.74) is 5.55. The van der Waals surface area contributed by atoms with Gasteiger partial charge in [-0.3, -0.25) is 14.4 Å². The van der Waals surface area contributed by atoms with Crippen LogP contribution in [0.15, 0.2) is 41.5 Å². The number of fused-ring (bicyclic) bond motifs is 3. The van der Waals surface area contributed by atoms with Crippen LogP contribution in [0.2, 0.25) is 10.0 Å². The second-order valence-electron chi connectivity index (χ2n) is 12.3. The largest absolute Gasteiger partial charge is 0.507 e. The van der Waals surface area contributed by atoms with E-state index in [1.54, 1.807) is 6.92 Å². The summed E-state index contributed by atoms with van der Waals surface area (Å²) in [7, 11) is 1.33. The van der Waals surface area contributed by atoms with Crippen LogP contribution in [-0.4, -0.2) is 80.9 Å². The number of nitrogens with two attached hydrogens (primary N) is 1. The van der Waals surface area contributed by atoms with Gasteiger partial charge < -0.3 is 40.4 Å². The fraction of sp³-hybridized carbons (Fsp3) is 0.353. The fourth-order valence-corrected chi connectivity index (χ4v) is 6.90. The van der Waals surface area contributed by atoms with Gasteiger partial charge in [-0.1, -0.05) is 35.3 Å². The van der Waals surface area contributed by atoms with E-state index in [0.29, 0.717) is 0 Å². The van der Waals surface area contributed by atoms with Crippen molar-refractivity contribution in [3.63, 3.8) is 0 Å². The van der Waals surface area contributed by atoms with Crippen LogP contribution in [0, 0.1) is 0 Å². The first-order valence-corrected chi connectivity index (χ1v) is 16.1. The number of rotatable bonds is 6. The summed E-state index contributed by atoms with van der Waals surface area (Å²) in [5, 5.41) is 50.4. The first-order valence-electron chi connectivity index (χ1n) is 15.3. The summed E-state index contributed by atoms with van der Waals surface area (Å²) in [6.07, 6.45) is -4.71. The Morgan fingerprint density at radius 2 is 1.80 bits per heavy atom. The molecule has 0 unspecified atom stereocenters. The number of nitrogens with one attached hydrogen (secondary N) is 1. The van der Waals surface area contributed by atoms with Crippen molar-refractivity contribution >= 4 is 46.4 Å². The molecule has 1 saturated heterocycles. The van der Waals surface area contributed by atoms with Crippen molar-refractivity contribution in [2.45, 2.75) is 69.4 Å². The van der Waals surface area contributed by atoms with Gasteiger partial charge in [0.25, 0.3) is 5.91 Å². The number of halogens is 2. The van der Waals surface area contributed by atoms with Crippen LogP contribution < -0.4 is 15.9 Å². The lowest BCUT2D eigenvalue weighted by Crippen LogP contribution is -2.52. The smallest absolute Gasteiger partial charge is 0.271 e. The maximum absolute atomic E-state index is 13.9. The minimum Gasteiger partial charge on any atom is -0.507 e. The zero-order valence-corrected chi connectivity index (χ0v) is 28.0. The number of phenols is 2. The molecule has 2 aliphatic carbocycles. The lowest BCUT2D eigenvalue weighted by molar-refractivity contribution is -0.245. The van der Waals surface area contributed by atoms with Gasteiger partial charge in [-0.15, -0.1) is 0 Å². The van der Waals surface area contributed by atoms with Gasteiger partial charge in [0.1, 0.15) is 22.8 Å². The van der Waals surface area contributed by atoms with Crippen LogP contribution in [-0.2, 0) is 15.9 Å². The zero-order valence-electron chi connectivity index (χ0n) is 26.5. The number of hydrazone groups is 1. The van der Waals surface area contributed by atoms with Gasteiger partial charge in [0.15, 0.2) is 12.1 Å². The Kier molecular flexibility index (Phi) is 9.22. The molecule has 3 aromatic carbocycles. The Labute approximate surface area is 290 Å². The van der Waals surface area contributed by atoms with Gasteiger partial charge in [0, 0.05) is 47.6 Å². The molecule has 0 spiro atoms. The highest BCUT2D eigenvalue weighted by molar-refractivity contribution is 6.42. The number of benzene rings is 3. The van der Waals surface area contributed by atoms with Crippen molar-refractivity contribution in [3.8, 4) is 17.2 Å². The minimum absolute atomic E-state index is 0.0145. The van der Waals surface area contributed by atoms with Crippen molar-refractivity contribution in [2.24, 2.45) is 10.8 Å². The normalized spacial score (nSPS) is 26.4. The second-order valence-corrected chi connectivity index (χ2v) is 13.2. The summed E-state index contributed by atoms with van der Waals surface area (Å²) in [5.74, 6) is -3.32. The van der Waals surface area contributed by atoms with E-state index in [1.165, 1.54) is 50.4 Å². The number of carbonyl (C=O) groups excluding carboxylic acids is 3. The van der Waals surface area contributed by atoms with E-state index >= 15 is 0 Å². The summed E-state index contributed by atoms with van der Waals surface area (Å²) in [6.45, 7) is 3.04. The minimum atomic E-state index is -1.94. The molecule has 49 heavy (non-hydrogen) atoms. The van der Waals surface area contributed by atoms with Gasteiger partial charge >= 0.3 is 0 Å². The Hall–Kier alpha value is -4.08. The molecule has 1 fully saturated rings. The van der Waals surface area contributed by atoms with Gasteiger partial charge in [-0.25, -0.2) is 5.43 Å². The number of phenolic OH excluding ortho intramolecular Hbond substituents is 2. The topological polar surface area (TPSA) is 210 Å². The number of ketones is 2. The summed E-state index contributed by atoms with van der Waals surface area (Å²) < 4.78 is 17.5. The summed E-state index contributed by atoms with van der Waals surface area (Å²) in [4.78, 5) is 40.6. The Bertz CT molecular complexity index is 1920. The van der Waals surface area contributed by atoms with Gasteiger partial charge in [0.05, 0.1) is 57.9 Å². The number of nitrogens with zero attached hydrogens (tertiary/aromatic N) is 1. The Balaban J connectivity index is 1.44. The van der Waals surface area contributed by atoms with E-state index in [0.717, 1.165) is 0 Å². The van der Waals surface area contributed by atoms with Crippen LogP contribution in [0.25, 0.3) is 0 Å². The average molecular weight is 715 g/mol. The number of amides is 1. The predicted octanol–water partition coefficient (Wildman–Crippen LogP) is 3.55. The molecular weight excluding hydrogens is 681 g/mol. The molecule has 1 heterocycles. The van der Waals surface area contributed by atoms with E-state index in [1.807, 2.05) is 0 Å². The van der Waals surface area contributed by atoms with Crippen molar-refractivity contribution in [3.05, 3.63) is 85.4 Å². The molecule has 0 radical (unpaired) electrons. The molecule has 3 aliphatic rings. The third-order valence-corrected chi connectivity index (χ3v) is 10.1. The van der Waals surface area contributed by atoms with E-state index in [9.17, 15) is 34.8 Å². The summed E-state index contributed by atoms with van der Waals surface area (Å²) in [6, 6.07) is 7.92. The number of aliphatic hydroxyl groups is 2. The average Bonchev–Trinajstić information content (AvgIpc) is 3.06. The maximum atomic E-state index is 13.9. The van der Waals surface area contributed by atoms with Gasteiger partial charge in [-0.2, -0.15) is 5.10 Å². The third-order valence-electron chi connectivity index (χ3n) is 9.32. The highest BCUT2D eigenvalue weighted by Gasteiger charge is 2.49. The van der Waals surface area contributed by atoms with E-state index in [-0.39, 0.29) is 62.2 Å². The van der Waals surface area contributed by atoms with E-state index in [2.05, 4.69) is 10.5 Å². The zero-order chi connectivity index (χ0) is 35.5. The first kappa shape index (κ1) is 34.8. The number of ether oxygens (including phenoxy) is 3. The SMILES string of the molecule is COc1cccc2c1C(=O)c1c(O)c3c(c(O)c1C2=O)C[C@@](O)(/C(C)=N\NC(=O)c1ccc(Cl)c(Cl)c1)C[C@H]3O[C@H]1C[C@@H](N)[C@@H](O)[C@@H](C)O1. The lowest BCUT2D eigenvalue weighted by Gasteiger charge is -2.42. The Morgan fingerprint density at radius 1 is 1.08 bits per heavy atom. The van der Waals surface area contributed by atoms with Crippen LogP contribution in [0.5, 0.6) is 17.2 Å². The maximum Gasteiger partial charge on any atom is 0.271 e. The third kappa shape index (κ3) is 5.95. The molecule has 0 aromatic heterocycles. The molecule has 0 saturated carbocycles. The number of hydrogen-bond acceptors (Lipinski definition) is 12.